The van der Waals surface area contributed by atoms with Crippen LogP contribution in [0.3, 0.4) is 0 Å². The molecule has 0 aliphatic heterocycles. The second-order valence-electron chi connectivity index (χ2n) is 6.28. The molecule has 3 rings (SSSR count). The van der Waals surface area contributed by atoms with Crippen molar-refractivity contribution < 1.29 is 22.7 Å². The van der Waals surface area contributed by atoms with Gasteiger partial charge in [-0.1, -0.05) is 23.2 Å². The van der Waals surface area contributed by atoms with Gasteiger partial charge in [0, 0.05) is 11.3 Å². The summed E-state index contributed by atoms with van der Waals surface area (Å²) in [5, 5.41) is 3.27. The number of benzene rings is 3. The molecular formula is C21H18Cl2N2O5S. The number of ether oxygens (including phenoxy) is 2. The molecule has 0 bridgehead atoms. The van der Waals surface area contributed by atoms with Crippen LogP contribution in [0.1, 0.15) is 10.4 Å². The molecule has 0 aliphatic rings. The molecule has 0 heterocycles. The number of methoxy groups -OCH3 is 2. The third-order valence-electron chi connectivity index (χ3n) is 4.25. The smallest absolute Gasteiger partial charge is 0.262 e. The molecule has 7 nitrogen and oxygen atoms in total. The first-order valence-corrected chi connectivity index (χ1v) is 11.1. The van der Waals surface area contributed by atoms with Crippen LogP contribution in [0.5, 0.6) is 11.5 Å². The zero-order chi connectivity index (χ0) is 22.6. The molecule has 2 N–H and O–H groups in total. The first-order valence-electron chi connectivity index (χ1n) is 8.85. The predicted molar refractivity (Wildman–Crippen MR) is 121 cm³/mol. The maximum absolute atomic E-state index is 12.8. The number of amides is 1. The summed E-state index contributed by atoms with van der Waals surface area (Å²) in [7, 11) is -1.01. The fourth-order valence-corrected chi connectivity index (χ4v) is 4.02. The first-order chi connectivity index (χ1) is 14.7. The average Bonchev–Trinajstić information content (AvgIpc) is 2.75. The first kappa shape index (κ1) is 22.7. The van der Waals surface area contributed by atoms with E-state index in [1.807, 2.05) is 0 Å². The molecule has 162 valence electrons. The van der Waals surface area contributed by atoms with Crippen molar-refractivity contribution in [2.45, 2.75) is 4.90 Å². The van der Waals surface area contributed by atoms with Gasteiger partial charge in [-0.05, 0) is 60.7 Å². The fraction of sp³-hybridized carbons (Fsp3) is 0.0952. The van der Waals surface area contributed by atoms with E-state index in [2.05, 4.69) is 10.0 Å². The van der Waals surface area contributed by atoms with E-state index in [1.54, 1.807) is 18.2 Å². The van der Waals surface area contributed by atoms with Crippen molar-refractivity contribution in [3.8, 4) is 11.5 Å². The van der Waals surface area contributed by atoms with Gasteiger partial charge in [-0.25, -0.2) is 8.42 Å². The van der Waals surface area contributed by atoms with Gasteiger partial charge < -0.3 is 14.8 Å². The number of hydrogen-bond acceptors (Lipinski definition) is 5. The predicted octanol–water partition coefficient (Wildman–Crippen LogP) is 5.06. The number of sulfonamides is 1. The van der Waals surface area contributed by atoms with Gasteiger partial charge in [-0.15, -0.1) is 0 Å². The minimum absolute atomic E-state index is 0.0422. The van der Waals surface area contributed by atoms with Crippen LogP contribution >= 0.6 is 23.2 Å². The third kappa shape index (κ3) is 5.41. The van der Waals surface area contributed by atoms with Gasteiger partial charge in [-0.3, -0.25) is 9.52 Å². The van der Waals surface area contributed by atoms with E-state index in [0.717, 1.165) is 0 Å². The minimum atomic E-state index is -3.91. The van der Waals surface area contributed by atoms with Gasteiger partial charge in [-0.2, -0.15) is 0 Å². The molecular weight excluding hydrogens is 463 g/mol. The Bertz CT molecular complexity index is 1210. The Morgan fingerprint density at radius 3 is 2.19 bits per heavy atom. The minimum Gasteiger partial charge on any atom is -0.497 e. The van der Waals surface area contributed by atoms with Crippen LogP contribution in [-0.2, 0) is 10.0 Å². The van der Waals surface area contributed by atoms with E-state index >= 15 is 0 Å². The fourth-order valence-electron chi connectivity index (χ4n) is 2.66. The Labute approximate surface area is 189 Å². The lowest BCUT2D eigenvalue weighted by Gasteiger charge is -2.14. The number of carbonyl (C=O) groups is 1. The molecule has 0 aliphatic carbocycles. The van der Waals surface area contributed by atoms with E-state index in [9.17, 15) is 13.2 Å². The molecule has 1 amide bonds. The monoisotopic (exact) mass is 480 g/mol. The van der Waals surface area contributed by atoms with Gasteiger partial charge in [0.2, 0.25) is 0 Å². The molecule has 31 heavy (non-hydrogen) atoms. The molecule has 3 aromatic carbocycles. The highest BCUT2D eigenvalue weighted by molar-refractivity contribution is 7.92. The summed E-state index contributed by atoms with van der Waals surface area (Å²) >= 11 is 11.8. The molecule has 0 saturated heterocycles. The highest BCUT2D eigenvalue weighted by Gasteiger charge is 2.18. The van der Waals surface area contributed by atoms with Gasteiger partial charge in [0.15, 0.2) is 0 Å². The molecule has 0 radical (unpaired) electrons. The molecule has 10 heteroatoms. The summed E-state index contributed by atoms with van der Waals surface area (Å²) in [6, 6.07) is 15.0. The van der Waals surface area contributed by atoms with E-state index in [-0.39, 0.29) is 21.4 Å². The average molecular weight is 481 g/mol. The quantitative estimate of drug-likeness (QED) is 0.492. The Morgan fingerprint density at radius 2 is 1.58 bits per heavy atom. The van der Waals surface area contributed by atoms with Crippen LogP contribution in [-0.4, -0.2) is 28.5 Å². The molecule has 3 aromatic rings. The summed E-state index contributed by atoms with van der Waals surface area (Å²) in [6.07, 6.45) is 0. The highest BCUT2D eigenvalue weighted by atomic mass is 35.5. The Morgan fingerprint density at radius 1 is 0.871 bits per heavy atom. The van der Waals surface area contributed by atoms with Crippen molar-refractivity contribution in [2.24, 2.45) is 0 Å². The second-order valence-corrected chi connectivity index (χ2v) is 8.78. The van der Waals surface area contributed by atoms with Crippen LogP contribution < -0.4 is 19.5 Å². The molecule has 0 spiro atoms. The van der Waals surface area contributed by atoms with Crippen LogP contribution in [0.4, 0.5) is 11.4 Å². The lowest BCUT2D eigenvalue weighted by Crippen LogP contribution is -2.15. The topological polar surface area (TPSA) is 93.7 Å². The summed E-state index contributed by atoms with van der Waals surface area (Å²) in [5.41, 5.74) is 0.806. The third-order valence-corrected chi connectivity index (χ3v) is 6.37. The van der Waals surface area contributed by atoms with Crippen LogP contribution in [0, 0.1) is 0 Å². The number of hydrogen-bond donors (Lipinski definition) is 2. The van der Waals surface area contributed by atoms with Gasteiger partial charge in [0.25, 0.3) is 15.9 Å². The maximum atomic E-state index is 12.8. The molecule has 0 fully saturated rings. The molecule has 0 aromatic heterocycles. The van der Waals surface area contributed by atoms with E-state index in [0.29, 0.717) is 22.0 Å². The summed E-state index contributed by atoms with van der Waals surface area (Å²) in [6.45, 7) is 0. The lowest BCUT2D eigenvalue weighted by molar-refractivity contribution is 0.102. The van der Waals surface area contributed by atoms with E-state index in [1.165, 1.54) is 56.7 Å². The van der Waals surface area contributed by atoms with Crippen molar-refractivity contribution in [1.82, 2.24) is 0 Å². The number of anilines is 2. The summed E-state index contributed by atoms with van der Waals surface area (Å²) < 4.78 is 38.3. The SMILES string of the molecule is COc1ccc(S(=O)(=O)Nc2cc(NC(=O)c3ccc(Cl)c(Cl)c3)ccc2OC)cc1. The number of halogens is 2. The molecule has 0 saturated carbocycles. The standard InChI is InChI=1S/C21H18Cl2N2O5S/c1-29-15-5-7-16(8-6-15)31(27,28)25-19-12-14(4-10-20(19)30-2)24-21(26)13-3-9-17(22)18(23)11-13/h3-12,25H,1-2H3,(H,24,26). The van der Waals surface area contributed by atoms with E-state index in [4.69, 9.17) is 32.7 Å². The number of carbonyl (C=O) groups excluding carboxylic acids is 1. The normalized spacial score (nSPS) is 11.0. The maximum Gasteiger partial charge on any atom is 0.262 e. The zero-order valence-electron chi connectivity index (χ0n) is 16.5. The highest BCUT2D eigenvalue weighted by Crippen LogP contribution is 2.31. The molecule has 0 atom stereocenters. The van der Waals surface area contributed by atoms with Crippen molar-refractivity contribution in [3.05, 3.63) is 76.3 Å². The van der Waals surface area contributed by atoms with Crippen LogP contribution in [0.25, 0.3) is 0 Å². The van der Waals surface area contributed by atoms with Gasteiger partial charge in [0.05, 0.1) is 34.8 Å². The van der Waals surface area contributed by atoms with Crippen LogP contribution in [0.2, 0.25) is 10.0 Å². The van der Waals surface area contributed by atoms with Crippen molar-refractivity contribution >= 4 is 50.5 Å². The number of rotatable bonds is 7. The lowest BCUT2D eigenvalue weighted by atomic mass is 10.2. The van der Waals surface area contributed by atoms with Crippen LogP contribution in [0.15, 0.2) is 65.6 Å². The summed E-state index contributed by atoms with van der Waals surface area (Å²) in [4.78, 5) is 12.6. The number of nitrogens with one attached hydrogen (secondary N) is 2. The zero-order valence-corrected chi connectivity index (χ0v) is 18.8. The summed E-state index contributed by atoms with van der Waals surface area (Å²) in [5.74, 6) is 0.376. The largest absolute Gasteiger partial charge is 0.497 e. The van der Waals surface area contributed by atoms with Crippen molar-refractivity contribution in [2.75, 3.05) is 24.3 Å². The van der Waals surface area contributed by atoms with Gasteiger partial charge >= 0.3 is 0 Å². The van der Waals surface area contributed by atoms with Crippen molar-refractivity contribution in [3.63, 3.8) is 0 Å². The Kier molecular flexibility index (Phi) is 6.94. The van der Waals surface area contributed by atoms with Gasteiger partial charge in [0.1, 0.15) is 11.5 Å². The second kappa shape index (κ2) is 9.47. The Hall–Kier alpha value is -2.94. The van der Waals surface area contributed by atoms with E-state index < -0.39 is 15.9 Å². The Balaban J connectivity index is 1.86. The van der Waals surface area contributed by atoms with Crippen molar-refractivity contribution in [1.29, 1.82) is 0 Å². The molecule has 0 unspecified atom stereocenters.